The minimum absolute atomic E-state index is 0.0369. The lowest BCUT2D eigenvalue weighted by Gasteiger charge is -2.11. The number of nitrogens with one attached hydrogen (secondary N) is 1. The van der Waals surface area contributed by atoms with Gasteiger partial charge in [-0.05, 0) is 37.3 Å². The minimum atomic E-state index is -0.889. The van der Waals surface area contributed by atoms with E-state index in [1.54, 1.807) is 19.1 Å². The van der Waals surface area contributed by atoms with Gasteiger partial charge in [0.15, 0.2) is 12.4 Å². The van der Waals surface area contributed by atoms with Crippen molar-refractivity contribution >= 4 is 34.9 Å². The van der Waals surface area contributed by atoms with Crippen LogP contribution in [0.2, 0.25) is 5.02 Å². The number of hydrogen-bond donors (Lipinski definition) is 1. The highest BCUT2D eigenvalue weighted by Gasteiger charge is 2.20. The van der Waals surface area contributed by atoms with E-state index in [2.05, 4.69) is 5.32 Å². The summed E-state index contributed by atoms with van der Waals surface area (Å²) in [6.07, 6.45) is 0. The molecule has 9 nitrogen and oxygen atoms in total. The molecule has 28 heavy (non-hydrogen) atoms. The smallest absolute Gasteiger partial charge is 0.338 e. The number of nitrogens with zero attached hydrogens (tertiary/aromatic N) is 1. The van der Waals surface area contributed by atoms with Gasteiger partial charge in [0.2, 0.25) is 0 Å². The number of halogens is 1. The summed E-state index contributed by atoms with van der Waals surface area (Å²) in [4.78, 5) is 34.6. The van der Waals surface area contributed by atoms with Gasteiger partial charge in [-0.2, -0.15) is 0 Å². The third kappa shape index (κ3) is 5.34. The molecule has 0 radical (unpaired) electrons. The lowest BCUT2D eigenvalue weighted by Crippen LogP contribution is -2.21. The molecular weight excluding hydrogens is 392 g/mol. The number of methoxy groups -OCH3 is 1. The van der Waals surface area contributed by atoms with Crippen molar-refractivity contribution in [2.24, 2.45) is 0 Å². The third-order valence-electron chi connectivity index (χ3n) is 3.46. The maximum Gasteiger partial charge on any atom is 0.338 e. The zero-order valence-electron chi connectivity index (χ0n) is 15.1. The zero-order chi connectivity index (χ0) is 20.7. The standard InChI is InChI=1S/C18H17ClN2O7/c1-3-27-16-6-4-11(8-14(16)21(24)25)18(23)28-10-17(22)20-13-9-12(19)5-7-15(13)26-2/h4-9H,3,10H2,1-2H3,(H,20,22). The van der Waals surface area contributed by atoms with Crippen molar-refractivity contribution in [2.75, 3.05) is 25.6 Å². The molecule has 0 bridgehead atoms. The Morgan fingerprint density at radius 1 is 1.18 bits per heavy atom. The van der Waals surface area contributed by atoms with Gasteiger partial charge in [0.1, 0.15) is 5.75 Å². The van der Waals surface area contributed by atoms with Crippen LogP contribution in [0, 0.1) is 10.1 Å². The van der Waals surface area contributed by atoms with E-state index in [1.807, 2.05) is 0 Å². The first kappa shape index (κ1) is 21.0. The molecule has 10 heteroatoms. The molecule has 0 saturated heterocycles. The number of anilines is 1. The lowest BCUT2D eigenvalue weighted by molar-refractivity contribution is -0.385. The van der Waals surface area contributed by atoms with Crippen molar-refractivity contribution in [3.05, 3.63) is 57.1 Å². The van der Waals surface area contributed by atoms with Gasteiger partial charge in [-0.3, -0.25) is 14.9 Å². The third-order valence-corrected chi connectivity index (χ3v) is 3.70. The largest absolute Gasteiger partial charge is 0.495 e. The Morgan fingerprint density at radius 2 is 1.89 bits per heavy atom. The molecule has 0 unspecified atom stereocenters. The van der Waals surface area contributed by atoms with Gasteiger partial charge >= 0.3 is 11.7 Å². The summed E-state index contributed by atoms with van der Waals surface area (Å²) in [5, 5.41) is 14.0. The number of hydrogen-bond acceptors (Lipinski definition) is 7. The van der Waals surface area contributed by atoms with Crippen LogP contribution in [0.25, 0.3) is 0 Å². The number of rotatable bonds is 8. The number of benzene rings is 2. The molecule has 0 aliphatic heterocycles. The van der Waals surface area contributed by atoms with E-state index < -0.39 is 23.4 Å². The Balaban J connectivity index is 2.04. The van der Waals surface area contributed by atoms with Crippen LogP contribution in [0.15, 0.2) is 36.4 Å². The summed E-state index contributed by atoms with van der Waals surface area (Å²) in [7, 11) is 1.43. The van der Waals surface area contributed by atoms with Crippen molar-refractivity contribution in [1.82, 2.24) is 0 Å². The number of amides is 1. The second kappa shape index (κ2) is 9.56. The fourth-order valence-electron chi connectivity index (χ4n) is 2.24. The van der Waals surface area contributed by atoms with Gasteiger partial charge in [-0.1, -0.05) is 11.6 Å². The van der Waals surface area contributed by atoms with Gasteiger partial charge < -0.3 is 19.5 Å². The van der Waals surface area contributed by atoms with E-state index >= 15 is 0 Å². The predicted octanol–water partition coefficient (Wildman–Crippen LogP) is 3.45. The van der Waals surface area contributed by atoms with Crippen LogP contribution in [0.3, 0.4) is 0 Å². The first-order chi connectivity index (χ1) is 13.3. The molecule has 148 valence electrons. The predicted molar refractivity (Wildman–Crippen MR) is 101 cm³/mol. The van der Waals surface area contributed by atoms with E-state index in [9.17, 15) is 19.7 Å². The molecule has 0 fully saturated rings. The number of esters is 1. The van der Waals surface area contributed by atoms with E-state index in [4.69, 9.17) is 25.8 Å². The SMILES string of the molecule is CCOc1ccc(C(=O)OCC(=O)Nc2cc(Cl)ccc2OC)cc1[N+](=O)[O-]. The number of carbonyl (C=O) groups excluding carboxylic acids is 2. The first-order valence-electron chi connectivity index (χ1n) is 8.07. The molecule has 0 aliphatic carbocycles. The van der Waals surface area contributed by atoms with Gasteiger partial charge in [-0.15, -0.1) is 0 Å². The molecule has 1 N–H and O–H groups in total. The van der Waals surface area contributed by atoms with Gasteiger partial charge in [-0.25, -0.2) is 4.79 Å². The van der Waals surface area contributed by atoms with Crippen LogP contribution in [-0.4, -0.2) is 37.1 Å². The molecule has 0 heterocycles. The van der Waals surface area contributed by atoms with Gasteiger partial charge in [0.05, 0.1) is 29.9 Å². The quantitative estimate of drug-likeness (QED) is 0.403. The number of nitro benzene ring substituents is 1. The molecule has 0 saturated carbocycles. The van der Waals surface area contributed by atoms with Crippen LogP contribution < -0.4 is 14.8 Å². The van der Waals surface area contributed by atoms with Gasteiger partial charge in [0.25, 0.3) is 5.91 Å². The highest BCUT2D eigenvalue weighted by molar-refractivity contribution is 6.31. The normalized spacial score (nSPS) is 10.1. The average molecular weight is 409 g/mol. The van der Waals surface area contributed by atoms with E-state index in [0.717, 1.165) is 6.07 Å². The zero-order valence-corrected chi connectivity index (χ0v) is 15.8. The topological polar surface area (TPSA) is 117 Å². The fraction of sp³-hybridized carbons (Fsp3) is 0.222. The Kier molecular flexibility index (Phi) is 7.16. The van der Waals surface area contributed by atoms with Crippen LogP contribution in [0.1, 0.15) is 17.3 Å². The minimum Gasteiger partial charge on any atom is -0.495 e. The first-order valence-corrected chi connectivity index (χ1v) is 8.45. The summed E-state index contributed by atoms with van der Waals surface area (Å²) >= 11 is 5.88. The van der Waals surface area contributed by atoms with Crippen molar-refractivity contribution in [2.45, 2.75) is 6.92 Å². The van der Waals surface area contributed by atoms with Crippen LogP contribution in [-0.2, 0) is 9.53 Å². The maximum atomic E-state index is 12.1. The summed E-state index contributed by atoms with van der Waals surface area (Å²) in [6.45, 7) is 1.31. The average Bonchev–Trinajstić information content (AvgIpc) is 2.66. The molecule has 0 spiro atoms. The second-order valence-electron chi connectivity index (χ2n) is 5.34. The Morgan fingerprint density at radius 3 is 2.54 bits per heavy atom. The Labute approximate surface area is 165 Å². The lowest BCUT2D eigenvalue weighted by atomic mass is 10.2. The molecule has 2 rings (SSSR count). The maximum absolute atomic E-state index is 12.1. The second-order valence-corrected chi connectivity index (χ2v) is 5.78. The Bertz CT molecular complexity index is 901. The molecule has 0 aromatic heterocycles. The van der Waals surface area contributed by atoms with Crippen molar-refractivity contribution in [3.63, 3.8) is 0 Å². The van der Waals surface area contributed by atoms with E-state index in [-0.39, 0.29) is 23.6 Å². The molecule has 2 aromatic carbocycles. The summed E-state index contributed by atoms with van der Waals surface area (Å²) in [6, 6.07) is 8.30. The number of ether oxygens (including phenoxy) is 3. The number of nitro groups is 1. The highest BCUT2D eigenvalue weighted by Crippen LogP contribution is 2.29. The number of carbonyl (C=O) groups is 2. The summed E-state index contributed by atoms with van der Waals surface area (Å²) in [5.41, 5.74) is -0.138. The molecular formula is C18H17ClN2O7. The molecule has 0 atom stereocenters. The van der Waals surface area contributed by atoms with E-state index in [1.165, 1.54) is 25.3 Å². The van der Waals surface area contributed by atoms with Crippen LogP contribution in [0.4, 0.5) is 11.4 Å². The molecule has 1 amide bonds. The monoisotopic (exact) mass is 408 g/mol. The van der Waals surface area contributed by atoms with Crippen LogP contribution >= 0.6 is 11.6 Å². The summed E-state index contributed by atoms with van der Waals surface area (Å²) in [5.74, 6) is -1.10. The highest BCUT2D eigenvalue weighted by atomic mass is 35.5. The van der Waals surface area contributed by atoms with Crippen molar-refractivity contribution < 1.29 is 28.7 Å². The van der Waals surface area contributed by atoms with Crippen molar-refractivity contribution in [3.8, 4) is 11.5 Å². The molecule has 2 aromatic rings. The fourth-order valence-corrected chi connectivity index (χ4v) is 2.42. The Hall–Kier alpha value is -3.33. The summed E-state index contributed by atoms with van der Waals surface area (Å²) < 4.78 is 15.2. The molecule has 0 aliphatic rings. The van der Waals surface area contributed by atoms with Crippen LogP contribution in [0.5, 0.6) is 11.5 Å². The van der Waals surface area contributed by atoms with Gasteiger partial charge in [0, 0.05) is 11.1 Å². The van der Waals surface area contributed by atoms with Crippen molar-refractivity contribution in [1.29, 1.82) is 0 Å². The van der Waals surface area contributed by atoms with E-state index in [0.29, 0.717) is 16.5 Å².